The van der Waals surface area contributed by atoms with Crippen molar-refractivity contribution in [3.8, 4) is 5.88 Å². The van der Waals surface area contributed by atoms with E-state index in [2.05, 4.69) is 19.9 Å². The van der Waals surface area contributed by atoms with Crippen LogP contribution in [0.25, 0.3) is 0 Å². The minimum Gasteiger partial charge on any atom is -0.473 e. The van der Waals surface area contributed by atoms with Crippen LogP contribution in [0.2, 0.25) is 0 Å². The van der Waals surface area contributed by atoms with Gasteiger partial charge in [-0.25, -0.2) is 18.4 Å². The molecule has 4 heterocycles. The average molecular weight is 375 g/mol. The van der Waals surface area contributed by atoms with E-state index in [9.17, 15) is 8.42 Å². The predicted molar refractivity (Wildman–Crippen MR) is 95.5 cm³/mol. The van der Waals surface area contributed by atoms with Gasteiger partial charge in [0.25, 0.3) is 0 Å². The number of rotatable bonds is 5. The SMILES string of the molecule is O=S(=O)(c1cccnc1)N1CCC(Oc2cc(N3CCCC3)ncn2)C1. The van der Waals surface area contributed by atoms with Crippen LogP contribution in [0.1, 0.15) is 19.3 Å². The van der Waals surface area contributed by atoms with Crippen LogP contribution in [0, 0.1) is 0 Å². The standard InChI is InChI=1S/C17H21N5O3S/c23-26(24,15-4-3-6-18-11-15)22-9-5-14(12-22)25-17-10-16(19-13-20-17)21-7-1-2-8-21/h3-4,6,10-11,13-14H,1-2,5,7-9,12H2. The number of ether oxygens (including phenoxy) is 1. The van der Waals surface area contributed by atoms with Gasteiger partial charge < -0.3 is 9.64 Å². The van der Waals surface area contributed by atoms with E-state index in [0.717, 1.165) is 18.9 Å². The molecule has 0 aromatic carbocycles. The van der Waals surface area contributed by atoms with Gasteiger partial charge in [-0.2, -0.15) is 4.31 Å². The Morgan fingerprint density at radius 2 is 2.00 bits per heavy atom. The number of anilines is 1. The Bertz CT molecular complexity index is 856. The zero-order valence-electron chi connectivity index (χ0n) is 14.4. The summed E-state index contributed by atoms with van der Waals surface area (Å²) >= 11 is 0. The second-order valence-corrected chi connectivity index (χ2v) is 8.43. The van der Waals surface area contributed by atoms with E-state index in [1.165, 1.54) is 29.7 Å². The Kier molecular flexibility index (Phi) is 4.73. The van der Waals surface area contributed by atoms with Gasteiger partial charge in [-0.1, -0.05) is 0 Å². The third kappa shape index (κ3) is 3.49. The van der Waals surface area contributed by atoms with Crippen molar-refractivity contribution in [2.24, 2.45) is 0 Å². The summed E-state index contributed by atoms with van der Waals surface area (Å²) in [6.45, 7) is 2.72. The number of hydrogen-bond donors (Lipinski definition) is 0. The molecule has 0 spiro atoms. The first kappa shape index (κ1) is 17.2. The monoisotopic (exact) mass is 375 g/mol. The fourth-order valence-corrected chi connectivity index (χ4v) is 4.80. The Morgan fingerprint density at radius 1 is 1.15 bits per heavy atom. The number of pyridine rings is 1. The largest absolute Gasteiger partial charge is 0.473 e. The highest BCUT2D eigenvalue weighted by Crippen LogP contribution is 2.25. The highest BCUT2D eigenvalue weighted by molar-refractivity contribution is 7.89. The highest BCUT2D eigenvalue weighted by Gasteiger charge is 2.34. The van der Waals surface area contributed by atoms with Gasteiger partial charge in [0.1, 0.15) is 23.1 Å². The average Bonchev–Trinajstić information content (AvgIpc) is 3.35. The molecule has 0 radical (unpaired) electrons. The van der Waals surface area contributed by atoms with Crippen LogP contribution >= 0.6 is 0 Å². The lowest BCUT2D eigenvalue weighted by Gasteiger charge is -2.18. The molecule has 0 saturated carbocycles. The molecule has 0 aliphatic carbocycles. The van der Waals surface area contributed by atoms with Crippen LogP contribution in [-0.2, 0) is 10.0 Å². The van der Waals surface area contributed by atoms with Crippen molar-refractivity contribution in [3.05, 3.63) is 36.9 Å². The lowest BCUT2D eigenvalue weighted by Crippen LogP contribution is -2.31. The Balaban J connectivity index is 1.42. The van der Waals surface area contributed by atoms with Gasteiger partial charge in [0, 0.05) is 38.1 Å². The van der Waals surface area contributed by atoms with Crippen molar-refractivity contribution in [2.45, 2.75) is 30.3 Å². The molecule has 0 amide bonds. The minimum atomic E-state index is -3.54. The van der Waals surface area contributed by atoms with Gasteiger partial charge >= 0.3 is 0 Å². The molecule has 2 aliphatic heterocycles. The summed E-state index contributed by atoms with van der Waals surface area (Å²) < 4.78 is 32.7. The fourth-order valence-electron chi connectivity index (χ4n) is 3.35. The maximum absolute atomic E-state index is 12.7. The van der Waals surface area contributed by atoms with Gasteiger partial charge in [0.2, 0.25) is 15.9 Å². The predicted octanol–water partition coefficient (Wildman–Crippen LogP) is 1.31. The third-order valence-corrected chi connectivity index (χ3v) is 6.57. The number of sulfonamides is 1. The van der Waals surface area contributed by atoms with Crippen molar-refractivity contribution in [3.63, 3.8) is 0 Å². The minimum absolute atomic E-state index is 0.207. The van der Waals surface area contributed by atoms with E-state index in [-0.39, 0.29) is 11.0 Å². The van der Waals surface area contributed by atoms with E-state index in [4.69, 9.17) is 4.74 Å². The van der Waals surface area contributed by atoms with Gasteiger partial charge in [0.15, 0.2) is 0 Å². The van der Waals surface area contributed by atoms with Crippen LogP contribution in [0.4, 0.5) is 5.82 Å². The molecular weight excluding hydrogens is 354 g/mol. The maximum Gasteiger partial charge on any atom is 0.244 e. The van der Waals surface area contributed by atoms with Crippen molar-refractivity contribution in [2.75, 3.05) is 31.1 Å². The summed E-state index contributed by atoms with van der Waals surface area (Å²) in [4.78, 5) is 14.8. The molecule has 26 heavy (non-hydrogen) atoms. The van der Waals surface area contributed by atoms with Crippen LogP contribution in [0.5, 0.6) is 5.88 Å². The number of hydrogen-bond acceptors (Lipinski definition) is 7. The molecule has 4 rings (SSSR count). The van der Waals surface area contributed by atoms with Crippen LogP contribution < -0.4 is 9.64 Å². The first-order valence-corrected chi connectivity index (χ1v) is 10.2. The topological polar surface area (TPSA) is 88.5 Å². The molecule has 8 nitrogen and oxygen atoms in total. The second-order valence-electron chi connectivity index (χ2n) is 6.49. The van der Waals surface area contributed by atoms with Crippen LogP contribution in [0.3, 0.4) is 0 Å². The van der Waals surface area contributed by atoms with E-state index in [1.807, 2.05) is 6.07 Å². The molecule has 0 N–H and O–H groups in total. The number of nitrogens with zero attached hydrogens (tertiary/aromatic N) is 5. The normalized spacial score (nSPS) is 21.2. The molecule has 2 aromatic heterocycles. The lowest BCUT2D eigenvalue weighted by molar-refractivity contribution is 0.206. The first-order chi connectivity index (χ1) is 12.6. The quantitative estimate of drug-likeness (QED) is 0.778. The number of aromatic nitrogens is 3. The molecule has 2 aromatic rings. The second kappa shape index (κ2) is 7.16. The summed E-state index contributed by atoms with van der Waals surface area (Å²) in [5, 5.41) is 0. The van der Waals surface area contributed by atoms with Crippen molar-refractivity contribution in [1.82, 2.24) is 19.3 Å². The van der Waals surface area contributed by atoms with E-state index >= 15 is 0 Å². The molecule has 9 heteroatoms. The summed E-state index contributed by atoms with van der Waals surface area (Å²) in [6.07, 6.45) is 7.18. The zero-order chi connectivity index (χ0) is 18.0. The van der Waals surface area contributed by atoms with Gasteiger partial charge in [0.05, 0.1) is 6.54 Å². The van der Waals surface area contributed by atoms with E-state index in [1.54, 1.807) is 18.3 Å². The lowest BCUT2D eigenvalue weighted by atomic mass is 10.3. The molecule has 2 saturated heterocycles. The maximum atomic E-state index is 12.7. The Morgan fingerprint density at radius 3 is 2.77 bits per heavy atom. The Labute approximate surface area is 152 Å². The first-order valence-electron chi connectivity index (χ1n) is 8.77. The van der Waals surface area contributed by atoms with Crippen LogP contribution in [0.15, 0.2) is 41.8 Å². The summed E-state index contributed by atoms with van der Waals surface area (Å²) in [6, 6.07) is 5.02. The molecule has 0 bridgehead atoms. The third-order valence-electron chi connectivity index (χ3n) is 4.72. The van der Waals surface area contributed by atoms with E-state index < -0.39 is 10.0 Å². The smallest absolute Gasteiger partial charge is 0.244 e. The summed E-state index contributed by atoms with van der Waals surface area (Å²) in [5.41, 5.74) is 0. The fraction of sp³-hybridized carbons (Fsp3) is 0.471. The summed E-state index contributed by atoms with van der Waals surface area (Å²) in [5.74, 6) is 1.36. The zero-order valence-corrected chi connectivity index (χ0v) is 15.2. The van der Waals surface area contributed by atoms with Crippen molar-refractivity contribution in [1.29, 1.82) is 0 Å². The molecular formula is C17H21N5O3S. The molecule has 138 valence electrons. The Hall–Kier alpha value is -2.26. The highest BCUT2D eigenvalue weighted by atomic mass is 32.2. The van der Waals surface area contributed by atoms with Crippen LogP contribution in [-0.4, -0.2) is 60.0 Å². The van der Waals surface area contributed by atoms with Crippen molar-refractivity contribution < 1.29 is 13.2 Å². The molecule has 2 fully saturated rings. The van der Waals surface area contributed by atoms with Gasteiger partial charge in [-0.15, -0.1) is 0 Å². The molecule has 1 atom stereocenters. The molecule has 2 aliphatic rings. The van der Waals surface area contributed by atoms with Gasteiger partial charge in [-0.05, 0) is 31.4 Å². The molecule has 1 unspecified atom stereocenters. The summed E-state index contributed by atoms with van der Waals surface area (Å²) in [7, 11) is -3.54. The van der Waals surface area contributed by atoms with Crippen molar-refractivity contribution >= 4 is 15.8 Å². The van der Waals surface area contributed by atoms with Gasteiger partial charge in [-0.3, -0.25) is 4.98 Å². The van der Waals surface area contributed by atoms with E-state index in [0.29, 0.717) is 25.4 Å².